The second-order valence-corrected chi connectivity index (χ2v) is 4.51. The first-order valence-electron chi connectivity index (χ1n) is 5.32. The van der Waals surface area contributed by atoms with E-state index in [1.807, 2.05) is 0 Å². The lowest BCUT2D eigenvalue weighted by Crippen LogP contribution is -2.18. The number of nitrogens with zero attached hydrogens (tertiary/aromatic N) is 1. The van der Waals surface area contributed by atoms with Gasteiger partial charge in [-0.25, -0.2) is 4.79 Å². The summed E-state index contributed by atoms with van der Waals surface area (Å²) in [5.74, 6) is -4.00. The maximum absolute atomic E-state index is 13.5. The summed E-state index contributed by atoms with van der Waals surface area (Å²) in [5.41, 5.74) is -0.781. The Kier molecular flexibility index (Phi) is 5.52. The summed E-state index contributed by atoms with van der Waals surface area (Å²) >= 11 is 1.58. The van der Waals surface area contributed by atoms with Crippen molar-refractivity contribution in [2.75, 3.05) is 6.61 Å². The van der Waals surface area contributed by atoms with E-state index in [-0.39, 0.29) is 15.8 Å². The molecule has 0 aliphatic heterocycles. The molecule has 0 spiro atoms. The molecule has 0 fully saturated rings. The predicted molar refractivity (Wildman–Crippen MR) is 71.6 cm³/mol. The van der Waals surface area contributed by atoms with Crippen molar-refractivity contribution in [2.45, 2.75) is 13.8 Å². The van der Waals surface area contributed by atoms with Crippen molar-refractivity contribution in [3.05, 3.63) is 38.7 Å². The molecule has 0 saturated heterocycles. The molecule has 19 heavy (non-hydrogen) atoms. The van der Waals surface area contributed by atoms with Crippen molar-refractivity contribution < 1.29 is 23.1 Å². The number of ether oxygens (including phenoxy) is 1. The zero-order chi connectivity index (χ0) is 14.6. The van der Waals surface area contributed by atoms with Crippen molar-refractivity contribution in [1.82, 2.24) is 4.98 Å². The first-order chi connectivity index (χ1) is 8.92. The van der Waals surface area contributed by atoms with Gasteiger partial charge in [-0.3, -0.25) is 4.79 Å². The number of pyridine rings is 1. The topological polar surface area (TPSA) is 56.3 Å². The molecular weight excluding hydrogens is 371 g/mol. The van der Waals surface area contributed by atoms with Crippen LogP contribution in [0.15, 0.2) is 17.7 Å². The fourth-order valence-corrected chi connectivity index (χ4v) is 1.73. The van der Waals surface area contributed by atoms with Gasteiger partial charge in [-0.15, -0.1) is 0 Å². The smallest absolute Gasteiger partial charge is 0.341 e. The van der Waals surface area contributed by atoms with E-state index < -0.39 is 29.2 Å². The van der Waals surface area contributed by atoms with Crippen molar-refractivity contribution in [2.24, 2.45) is 0 Å². The average molecular weight is 381 g/mol. The van der Waals surface area contributed by atoms with Crippen LogP contribution in [0.5, 0.6) is 0 Å². The van der Waals surface area contributed by atoms with Crippen LogP contribution in [0.25, 0.3) is 0 Å². The molecular formula is C12H10F2INO3. The Morgan fingerprint density at radius 3 is 2.58 bits per heavy atom. The molecule has 0 saturated carbocycles. The van der Waals surface area contributed by atoms with Crippen LogP contribution in [0.2, 0.25) is 0 Å². The Morgan fingerprint density at radius 1 is 1.42 bits per heavy atom. The molecule has 0 aliphatic rings. The number of Topliss-reactive ketones (excluding diaryl/α,β-unsaturated/α-hetero) is 1. The Labute approximate surface area is 122 Å². The molecule has 0 atom stereocenters. The number of hydrogen-bond donors (Lipinski definition) is 0. The van der Waals surface area contributed by atoms with Crippen LogP contribution in [-0.2, 0) is 9.53 Å². The summed E-state index contributed by atoms with van der Waals surface area (Å²) in [4.78, 5) is 26.5. The SMILES string of the molecule is C/C=C(\C(=O)OCC)C(=O)c1cc(I)c(F)nc1F. The molecule has 4 nitrogen and oxygen atoms in total. The number of aromatic nitrogens is 1. The third-order valence-corrected chi connectivity index (χ3v) is 2.92. The maximum atomic E-state index is 13.5. The number of carbonyl (C=O) groups excluding carboxylic acids is 2. The number of rotatable bonds is 4. The number of hydrogen-bond acceptors (Lipinski definition) is 4. The van der Waals surface area contributed by atoms with Crippen LogP contribution in [0.3, 0.4) is 0 Å². The van der Waals surface area contributed by atoms with E-state index in [0.717, 1.165) is 6.07 Å². The van der Waals surface area contributed by atoms with Gasteiger partial charge in [0.05, 0.1) is 15.7 Å². The van der Waals surface area contributed by atoms with E-state index in [9.17, 15) is 18.4 Å². The van der Waals surface area contributed by atoms with Gasteiger partial charge < -0.3 is 4.74 Å². The summed E-state index contributed by atoms with van der Waals surface area (Å²) in [7, 11) is 0. The molecule has 1 rings (SSSR count). The van der Waals surface area contributed by atoms with Crippen molar-refractivity contribution >= 4 is 34.3 Å². The Hall–Kier alpha value is -1.38. The van der Waals surface area contributed by atoms with E-state index in [2.05, 4.69) is 9.72 Å². The van der Waals surface area contributed by atoms with Gasteiger partial charge in [0.15, 0.2) is 0 Å². The number of esters is 1. The van der Waals surface area contributed by atoms with Crippen LogP contribution in [0, 0.1) is 15.5 Å². The van der Waals surface area contributed by atoms with Gasteiger partial charge in [0, 0.05) is 0 Å². The highest BCUT2D eigenvalue weighted by molar-refractivity contribution is 14.1. The molecule has 1 aromatic heterocycles. The quantitative estimate of drug-likeness (QED) is 0.153. The highest BCUT2D eigenvalue weighted by Crippen LogP contribution is 2.17. The second kappa shape index (κ2) is 6.69. The normalized spacial score (nSPS) is 11.3. The third-order valence-electron chi connectivity index (χ3n) is 2.16. The number of carbonyl (C=O) groups is 2. The minimum atomic E-state index is -1.26. The Bertz CT molecular complexity index is 558. The van der Waals surface area contributed by atoms with Crippen molar-refractivity contribution in [3.63, 3.8) is 0 Å². The minimum absolute atomic E-state index is 0.0124. The van der Waals surface area contributed by atoms with Crippen molar-refractivity contribution in [3.8, 4) is 0 Å². The van der Waals surface area contributed by atoms with E-state index in [1.165, 1.54) is 13.0 Å². The molecule has 0 aromatic carbocycles. The first-order valence-corrected chi connectivity index (χ1v) is 6.39. The van der Waals surface area contributed by atoms with Gasteiger partial charge >= 0.3 is 5.97 Å². The van der Waals surface area contributed by atoms with E-state index in [4.69, 9.17) is 0 Å². The molecule has 0 bridgehead atoms. The monoisotopic (exact) mass is 381 g/mol. The lowest BCUT2D eigenvalue weighted by atomic mass is 10.0. The first kappa shape index (κ1) is 15.7. The molecule has 1 heterocycles. The van der Waals surface area contributed by atoms with E-state index in [0.29, 0.717) is 0 Å². The fraction of sp³-hybridized carbons (Fsp3) is 0.250. The van der Waals surface area contributed by atoms with Gasteiger partial charge in [0.1, 0.15) is 5.57 Å². The largest absolute Gasteiger partial charge is 0.462 e. The molecule has 1 aromatic rings. The molecule has 7 heteroatoms. The second-order valence-electron chi connectivity index (χ2n) is 3.35. The number of halogens is 3. The van der Waals surface area contributed by atoms with Gasteiger partial charge in [0.2, 0.25) is 17.7 Å². The minimum Gasteiger partial charge on any atom is -0.462 e. The lowest BCUT2D eigenvalue weighted by Gasteiger charge is -2.07. The zero-order valence-corrected chi connectivity index (χ0v) is 12.3. The number of ketones is 1. The van der Waals surface area contributed by atoms with Gasteiger partial charge in [-0.1, -0.05) is 6.08 Å². The molecule has 0 N–H and O–H groups in total. The zero-order valence-electron chi connectivity index (χ0n) is 10.2. The van der Waals surface area contributed by atoms with Gasteiger partial charge in [0.25, 0.3) is 0 Å². The van der Waals surface area contributed by atoms with Crippen LogP contribution >= 0.6 is 22.6 Å². The molecule has 0 amide bonds. The Balaban J connectivity index is 3.19. The standard InChI is InChI=1S/C12H10F2INO3/c1-3-6(12(18)19-4-2)9(17)7-5-8(15)11(14)16-10(7)13/h3,5H,4H2,1-2H3/b6-3-. The molecule has 0 radical (unpaired) electrons. The summed E-state index contributed by atoms with van der Waals surface area (Å²) in [5, 5.41) is 0. The van der Waals surface area contributed by atoms with Crippen LogP contribution in [0.1, 0.15) is 24.2 Å². The summed E-state index contributed by atoms with van der Waals surface area (Å²) in [6, 6.07) is 1.00. The Morgan fingerprint density at radius 2 is 2.05 bits per heavy atom. The highest BCUT2D eigenvalue weighted by atomic mass is 127. The lowest BCUT2D eigenvalue weighted by molar-refractivity contribution is -0.138. The third kappa shape index (κ3) is 3.55. The number of allylic oxidation sites excluding steroid dienone is 1. The van der Waals surface area contributed by atoms with E-state index >= 15 is 0 Å². The average Bonchev–Trinajstić information content (AvgIpc) is 2.34. The summed E-state index contributed by atoms with van der Waals surface area (Å²) in [6.45, 7) is 3.12. The maximum Gasteiger partial charge on any atom is 0.341 e. The molecule has 102 valence electrons. The summed E-state index contributed by atoms with van der Waals surface area (Å²) in [6.07, 6.45) is 1.22. The van der Waals surface area contributed by atoms with Crippen LogP contribution < -0.4 is 0 Å². The molecule has 0 unspecified atom stereocenters. The van der Waals surface area contributed by atoms with Gasteiger partial charge in [-0.2, -0.15) is 13.8 Å². The summed E-state index contributed by atoms with van der Waals surface area (Å²) < 4.78 is 31.2. The highest BCUT2D eigenvalue weighted by Gasteiger charge is 2.24. The van der Waals surface area contributed by atoms with E-state index in [1.54, 1.807) is 29.5 Å². The molecule has 0 aliphatic carbocycles. The van der Waals surface area contributed by atoms with Gasteiger partial charge in [-0.05, 0) is 42.5 Å². The van der Waals surface area contributed by atoms with Crippen LogP contribution in [-0.4, -0.2) is 23.3 Å². The van der Waals surface area contributed by atoms with Crippen molar-refractivity contribution in [1.29, 1.82) is 0 Å². The van der Waals surface area contributed by atoms with Crippen LogP contribution in [0.4, 0.5) is 8.78 Å². The predicted octanol–water partition coefficient (Wildman–Crippen LogP) is 2.66. The fourth-order valence-electron chi connectivity index (χ4n) is 1.30.